The summed E-state index contributed by atoms with van der Waals surface area (Å²) < 4.78 is 0. The molecule has 1 aliphatic heterocycles. The number of anilines is 1. The molecule has 0 radical (unpaired) electrons. The molecule has 1 aliphatic rings. The van der Waals surface area contributed by atoms with Crippen LogP contribution in [0.15, 0.2) is 18.2 Å². The van der Waals surface area contributed by atoms with Crippen molar-refractivity contribution in [3.63, 3.8) is 0 Å². The fourth-order valence-corrected chi connectivity index (χ4v) is 2.35. The van der Waals surface area contributed by atoms with E-state index in [9.17, 15) is 4.79 Å². The molecular formula is C12H18N4O. The molecule has 0 saturated carbocycles. The van der Waals surface area contributed by atoms with Crippen molar-refractivity contribution < 1.29 is 4.79 Å². The highest BCUT2D eigenvalue weighted by atomic mass is 16.1. The molecule has 17 heavy (non-hydrogen) atoms. The van der Waals surface area contributed by atoms with Crippen molar-refractivity contribution in [1.29, 1.82) is 0 Å². The molecule has 1 aromatic heterocycles. The summed E-state index contributed by atoms with van der Waals surface area (Å²) in [6.45, 7) is 3.73. The molecule has 5 nitrogen and oxygen atoms in total. The maximum atomic E-state index is 11.1. The molecule has 1 amide bonds. The van der Waals surface area contributed by atoms with Gasteiger partial charge in [-0.1, -0.05) is 6.07 Å². The topological polar surface area (TPSA) is 85.2 Å². The fraction of sp³-hybridized carbons (Fsp3) is 0.500. The molecule has 2 rings (SSSR count). The van der Waals surface area contributed by atoms with E-state index in [2.05, 4.69) is 16.8 Å². The lowest BCUT2D eigenvalue weighted by Crippen LogP contribution is -2.29. The lowest BCUT2D eigenvalue weighted by atomic mass is 10.1. The first-order chi connectivity index (χ1) is 8.11. The highest BCUT2D eigenvalue weighted by molar-refractivity contribution is 5.91. The van der Waals surface area contributed by atoms with Crippen LogP contribution in [0, 0.1) is 5.92 Å². The molecule has 5 heteroatoms. The zero-order chi connectivity index (χ0) is 12.4. The van der Waals surface area contributed by atoms with E-state index in [4.69, 9.17) is 11.5 Å². The standard InChI is InChI=1S/C12H18N4O/c1-8-5-9(6-13)7-16(8)11-4-2-3-10(15-11)12(14)17/h2-4,8-9H,5-7,13H2,1H3,(H2,14,17). The Labute approximate surface area is 101 Å². The Hall–Kier alpha value is -1.62. The van der Waals surface area contributed by atoms with Gasteiger partial charge in [0, 0.05) is 12.6 Å². The third kappa shape index (κ3) is 2.39. The summed E-state index contributed by atoms with van der Waals surface area (Å²) in [5, 5.41) is 0. The van der Waals surface area contributed by atoms with Gasteiger partial charge in [0.25, 0.3) is 5.91 Å². The van der Waals surface area contributed by atoms with Crippen molar-refractivity contribution in [2.24, 2.45) is 17.4 Å². The number of nitrogens with two attached hydrogens (primary N) is 2. The van der Waals surface area contributed by atoms with Crippen molar-refractivity contribution >= 4 is 11.7 Å². The summed E-state index contributed by atoms with van der Waals surface area (Å²) in [5.41, 5.74) is 11.2. The molecule has 0 aromatic carbocycles. The second-order valence-electron chi connectivity index (χ2n) is 4.58. The molecule has 1 aromatic rings. The van der Waals surface area contributed by atoms with E-state index in [0.29, 0.717) is 24.2 Å². The van der Waals surface area contributed by atoms with Crippen LogP contribution in [0.1, 0.15) is 23.8 Å². The number of rotatable bonds is 3. The summed E-state index contributed by atoms with van der Waals surface area (Å²) in [4.78, 5) is 17.6. The van der Waals surface area contributed by atoms with Crippen LogP contribution in [0.25, 0.3) is 0 Å². The quantitative estimate of drug-likeness (QED) is 0.790. The van der Waals surface area contributed by atoms with E-state index < -0.39 is 5.91 Å². The Morgan fingerprint density at radius 1 is 1.59 bits per heavy atom. The van der Waals surface area contributed by atoms with E-state index in [1.165, 1.54) is 0 Å². The Bertz CT molecular complexity index is 421. The molecule has 2 unspecified atom stereocenters. The van der Waals surface area contributed by atoms with Crippen LogP contribution in [-0.2, 0) is 0 Å². The van der Waals surface area contributed by atoms with Gasteiger partial charge in [0.05, 0.1) is 0 Å². The first-order valence-electron chi connectivity index (χ1n) is 5.85. The SMILES string of the molecule is CC1CC(CN)CN1c1cccc(C(N)=O)n1. The van der Waals surface area contributed by atoms with Crippen LogP contribution >= 0.6 is 0 Å². The summed E-state index contributed by atoms with van der Waals surface area (Å²) in [6.07, 6.45) is 1.07. The minimum atomic E-state index is -0.492. The maximum absolute atomic E-state index is 11.1. The van der Waals surface area contributed by atoms with Gasteiger partial charge in [0.1, 0.15) is 11.5 Å². The summed E-state index contributed by atoms with van der Waals surface area (Å²) in [6, 6.07) is 5.75. The molecule has 4 N–H and O–H groups in total. The minimum Gasteiger partial charge on any atom is -0.364 e. The predicted octanol–water partition coefficient (Wildman–Crippen LogP) is 0.354. The third-order valence-electron chi connectivity index (χ3n) is 3.28. The Morgan fingerprint density at radius 2 is 2.35 bits per heavy atom. The molecular weight excluding hydrogens is 216 g/mol. The third-order valence-corrected chi connectivity index (χ3v) is 3.28. The number of carbonyl (C=O) groups is 1. The minimum absolute atomic E-state index is 0.311. The fourth-order valence-electron chi connectivity index (χ4n) is 2.35. The number of hydrogen-bond donors (Lipinski definition) is 2. The van der Waals surface area contributed by atoms with Crippen LogP contribution in [-0.4, -0.2) is 30.0 Å². The van der Waals surface area contributed by atoms with Crippen LogP contribution in [0.3, 0.4) is 0 Å². The van der Waals surface area contributed by atoms with Crippen molar-refractivity contribution in [1.82, 2.24) is 4.98 Å². The normalized spacial score (nSPS) is 24.0. The molecule has 0 bridgehead atoms. The van der Waals surface area contributed by atoms with Crippen LogP contribution < -0.4 is 16.4 Å². The molecule has 0 aliphatic carbocycles. The zero-order valence-electron chi connectivity index (χ0n) is 9.97. The molecule has 2 atom stereocenters. The molecule has 1 fully saturated rings. The summed E-state index contributed by atoms with van der Waals surface area (Å²) in [7, 11) is 0. The van der Waals surface area contributed by atoms with Gasteiger partial charge < -0.3 is 16.4 Å². The van der Waals surface area contributed by atoms with Gasteiger partial charge in [-0.2, -0.15) is 0 Å². The van der Waals surface area contributed by atoms with Gasteiger partial charge in [-0.3, -0.25) is 4.79 Å². The Kier molecular flexibility index (Phi) is 3.28. The Morgan fingerprint density at radius 3 is 2.94 bits per heavy atom. The number of primary amides is 1. The largest absolute Gasteiger partial charge is 0.364 e. The maximum Gasteiger partial charge on any atom is 0.267 e. The van der Waals surface area contributed by atoms with Crippen molar-refractivity contribution in [2.45, 2.75) is 19.4 Å². The smallest absolute Gasteiger partial charge is 0.267 e. The summed E-state index contributed by atoms with van der Waals surface area (Å²) in [5.74, 6) is 0.822. The van der Waals surface area contributed by atoms with Gasteiger partial charge in [-0.15, -0.1) is 0 Å². The van der Waals surface area contributed by atoms with E-state index in [0.717, 1.165) is 18.8 Å². The highest BCUT2D eigenvalue weighted by Gasteiger charge is 2.29. The van der Waals surface area contributed by atoms with Gasteiger partial charge >= 0.3 is 0 Å². The molecule has 92 valence electrons. The van der Waals surface area contributed by atoms with Crippen molar-refractivity contribution in [3.8, 4) is 0 Å². The Balaban J connectivity index is 2.22. The van der Waals surface area contributed by atoms with E-state index >= 15 is 0 Å². The summed E-state index contributed by atoms with van der Waals surface area (Å²) >= 11 is 0. The van der Waals surface area contributed by atoms with Gasteiger partial charge in [-0.25, -0.2) is 4.98 Å². The molecule has 2 heterocycles. The van der Waals surface area contributed by atoms with Crippen molar-refractivity contribution in [3.05, 3.63) is 23.9 Å². The first kappa shape index (κ1) is 11.9. The lowest BCUT2D eigenvalue weighted by Gasteiger charge is -2.22. The average molecular weight is 234 g/mol. The van der Waals surface area contributed by atoms with Crippen molar-refractivity contribution in [2.75, 3.05) is 18.0 Å². The average Bonchev–Trinajstić information content (AvgIpc) is 2.71. The lowest BCUT2D eigenvalue weighted by molar-refractivity contribution is 0.0995. The predicted molar refractivity (Wildman–Crippen MR) is 66.7 cm³/mol. The zero-order valence-corrected chi connectivity index (χ0v) is 9.97. The van der Waals surface area contributed by atoms with Crippen LogP contribution in [0.4, 0.5) is 5.82 Å². The van der Waals surface area contributed by atoms with Crippen LogP contribution in [0.2, 0.25) is 0 Å². The first-order valence-corrected chi connectivity index (χ1v) is 5.85. The number of nitrogens with zero attached hydrogens (tertiary/aromatic N) is 2. The van der Waals surface area contributed by atoms with Gasteiger partial charge in [-0.05, 0) is 37.9 Å². The van der Waals surface area contributed by atoms with Gasteiger partial charge in [0.2, 0.25) is 0 Å². The van der Waals surface area contributed by atoms with Gasteiger partial charge in [0.15, 0.2) is 0 Å². The highest BCUT2D eigenvalue weighted by Crippen LogP contribution is 2.27. The monoisotopic (exact) mass is 234 g/mol. The van der Waals surface area contributed by atoms with E-state index in [-0.39, 0.29) is 0 Å². The van der Waals surface area contributed by atoms with E-state index in [1.807, 2.05) is 12.1 Å². The second kappa shape index (κ2) is 4.71. The number of aromatic nitrogens is 1. The second-order valence-corrected chi connectivity index (χ2v) is 4.58. The molecule has 0 spiro atoms. The molecule has 1 saturated heterocycles. The number of pyridine rings is 1. The number of carbonyl (C=O) groups excluding carboxylic acids is 1. The van der Waals surface area contributed by atoms with E-state index in [1.54, 1.807) is 6.07 Å². The number of amides is 1. The van der Waals surface area contributed by atoms with Crippen LogP contribution in [0.5, 0.6) is 0 Å². The number of hydrogen-bond acceptors (Lipinski definition) is 4.